The van der Waals surface area contributed by atoms with E-state index in [-0.39, 0.29) is 11.5 Å². The summed E-state index contributed by atoms with van der Waals surface area (Å²) in [5, 5.41) is 3.36. The van der Waals surface area contributed by atoms with Crippen LogP contribution in [0, 0.1) is 17.7 Å². The maximum atomic E-state index is 13.8. The first-order valence-corrected chi connectivity index (χ1v) is 7.39. The van der Waals surface area contributed by atoms with E-state index in [0.717, 1.165) is 32.6 Å². The number of halogens is 2. The van der Waals surface area contributed by atoms with Crippen molar-refractivity contribution in [2.45, 2.75) is 6.42 Å². The molecule has 2 saturated heterocycles. The van der Waals surface area contributed by atoms with Crippen LogP contribution in [-0.4, -0.2) is 37.0 Å². The zero-order valence-corrected chi connectivity index (χ0v) is 12.1. The second-order valence-electron chi connectivity index (χ2n) is 5.34. The van der Waals surface area contributed by atoms with Gasteiger partial charge < -0.3 is 10.2 Å². The summed E-state index contributed by atoms with van der Waals surface area (Å²) in [6.45, 7) is 3.50. The molecular formula is C14H16BrFN2O. The third-order valence-electron chi connectivity index (χ3n) is 4.15. The van der Waals surface area contributed by atoms with Gasteiger partial charge in [0.2, 0.25) is 0 Å². The topological polar surface area (TPSA) is 32.3 Å². The molecule has 3 nitrogen and oxygen atoms in total. The molecule has 2 fully saturated rings. The lowest BCUT2D eigenvalue weighted by Gasteiger charge is -2.34. The Morgan fingerprint density at radius 1 is 1.37 bits per heavy atom. The zero-order valence-electron chi connectivity index (χ0n) is 10.5. The summed E-state index contributed by atoms with van der Waals surface area (Å²) in [5.41, 5.74) is 0.174. The summed E-state index contributed by atoms with van der Waals surface area (Å²) in [7, 11) is 0. The fraction of sp³-hybridized carbons (Fsp3) is 0.500. The van der Waals surface area contributed by atoms with Gasteiger partial charge in [-0.2, -0.15) is 0 Å². The van der Waals surface area contributed by atoms with Crippen molar-refractivity contribution in [3.05, 3.63) is 34.1 Å². The Hall–Kier alpha value is -0.940. The highest BCUT2D eigenvalue weighted by molar-refractivity contribution is 9.10. The first-order valence-electron chi connectivity index (χ1n) is 6.60. The number of hydrogen-bond donors (Lipinski definition) is 1. The van der Waals surface area contributed by atoms with Crippen LogP contribution < -0.4 is 5.32 Å². The molecule has 2 aliphatic rings. The lowest BCUT2D eigenvalue weighted by molar-refractivity contribution is 0.0638. The van der Waals surface area contributed by atoms with Gasteiger partial charge in [-0.05, 0) is 49.5 Å². The van der Waals surface area contributed by atoms with Gasteiger partial charge in [-0.15, -0.1) is 0 Å². The molecule has 1 amide bonds. The molecule has 2 unspecified atom stereocenters. The molecule has 0 spiro atoms. The molecule has 1 aromatic carbocycles. The quantitative estimate of drug-likeness (QED) is 0.858. The molecule has 19 heavy (non-hydrogen) atoms. The van der Waals surface area contributed by atoms with Crippen molar-refractivity contribution < 1.29 is 9.18 Å². The molecule has 2 aliphatic heterocycles. The summed E-state index contributed by atoms with van der Waals surface area (Å²) in [6, 6.07) is 4.61. The minimum Gasteiger partial charge on any atom is -0.338 e. The fourth-order valence-corrected chi connectivity index (χ4v) is 3.39. The average Bonchev–Trinajstić information content (AvgIpc) is 2.85. The van der Waals surface area contributed by atoms with Gasteiger partial charge in [0.05, 0.1) is 5.56 Å². The third-order valence-corrected chi connectivity index (χ3v) is 4.65. The predicted octanol–water partition coefficient (Wildman–Crippen LogP) is 2.27. The van der Waals surface area contributed by atoms with Crippen LogP contribution in [0.1, 0.15) is 16.8 Å². The Labute approximate surface area is 120 Å². The third kappa shape index (κ3) is 2.54. The van der Waals surface area contributed by atoms with Gasteiger partial charge in [0, 0.05) is 17.6 Å². The summed E-state index contributed by atoms with van der Waals surface area (Å²) < 4.78 is 14.5. The number of nitrogens with one attached hydrogen (secondary N) is 1. The van der Waals surface area contributed by atoms with Gasteiger partial charge in [-0.25, -0.2) is 4.39 Å². The molecule has 2 atom stereocenters. The Morgan fingerprint density at radius 3 is 2.95 bits per heavy atom. The maximum Gasteiger partial charge on any atom is 0.256 e. The van der Waals surface area contributed by atoms with E-state index in [4.69, 9.17) is 0 Å². The zero-order chi connectivity index (χ0) is 13.4. The molecule has 0 aliphatic carbocycles. The molecular weight excluding hydrogens is 311 g/mol. The highest BCUT2D eigenvalue weighted by atomic mass is 79.9. The van der Waals surface area contributed by atoms with E-state index in [9.17, 15) is 9.18 Å². The van der Waals surface area contributed by atoms with E-state index in [1.54, 1.807) is 17.0 Å². The van der Waals surface area contributed by atoms with Crippen molar-refractivity contribution in [1.29, 1.82) is 0 Å². The number of piperidine rings is 1. The number of nitrogens with zero attached hydrogens (tertiary/aromatic N) is 1. The Kier molecular flexibility index (Phi) is 3.58. The molecule has 3 rings (SSSR count). The van der Waals surface area contributed by atoms with Crippen molar-refractivity contribution in [1.82, 2.24) is 10.2 Å². The van der Waals surface area contributed by atoms with Crippen molar-refractivity contribution in [3.63, 3.8) is 0 Å². The lowest BCUT2D eigenvalue weighted by atomic mass is 9.88. The monoisotopic (exact) mass is 326 g/mol. The number of amides is 1. The molecule has 0 saturated carbocycles. The van der Waals surface area contributed by atoms with Crippen molar-refractivity contribution >= 4 is 21.8 Å². The van der Waals surface area contributed by atoms with Crippen LogP contribution in [-0.2, 0) is 0 Å². The second kappa shape index (κ2) is 5.21. The molecule has 5 heteroatoms. The SMILES string of the molecule is O=C(c1ccc(Br)cc1F)N1CCC2CNCC2C1. The number of carbonyl (C=O) groups is 1. The summed E-state index contributed by atoms with van der Waals surface area (Å²) >= 11 is 3.21. The van der Waals surface area contributed by atoms with Crippen LogP contribution >= 0.6 is 15.9 Å². The van der Waals surface area contributed by atoms with Gasteiger partial charge in [0.1, 0.15) is 5.82 Å². The lowest BCUT2D eigenvalue weighted by Crippen LogP contribution is -2.43. The normalized spacial score (nSPS) is 26.3. The standard InChI is InChI=1S/C14H16BrFN2O/c15-11-1-2-12(13(16)5-11)14(19)18-4-3-9-6-17-7-10(9)8-18/h1-2,5,9-10,17H,3-4,6-8H2. The van der Waals surface area contributed by atoms with Crippen LogP contribution in [0.15, 0.2) is 22.7 Å². The first-order chi connectivity index (χ1) is 9.15. The van der Waals surface area contributed by atoms with E-state index in [0.29, 0.717) is 16.3 Å². The molecule has 0 radical (unpaired) electrons. The highest BCUT2D eigenvalue weighted by Crippen LogP contribution is 2.28. The molecule has 1 N–H and O–H groups in total. The van der Waals surface area contributed by atoms with Crippen LogP contribution in [0.25, 0.3) is 0 Å². The van der Waals surface area contributed by atoms with E-state index in [1.807, 2.05) is 0 Å². The number of benzene rings is 1. The van der Waals surface area contributed by atoms with Crippen LogP contribution in [0.3, 0.4) is 0 Å². The number of hydrogen-bond acceptors (Lipinski definition) is 2. The summed E-state index contributed by atoms with van der Waals surface area (Å²) in [4.78, 5) is 14.2. The molecule has 0 aromatic heterocycles. The van der Waals surface area contributed by atoms with Crippen molar-refractivity contribution in [3.8, 4) is 0 Å². The number of carbonyl (C=O) groups excluding carboxylic acids is 1. The molecule has 102 valence electrons. The Bertz CT molecular complexity index is 508. The Morgan fingerprint density at radius 2 is 2.16 bits per heavy atom. The Balaban J connectivity index is 1.76. The van der Waals surface area contributed by atoms with Gasteiger partial charge in [0.15, 0.2) is 0 Å². The van der Waals surface area contributed by atoms with Crippen molar-refractivity contribution in [2.24, 2.45) is 11.8 Å². The molecule has 2 heterocycles. The fourth-order valence-electron chi connectivity index (χ4n) is 3.05. The van der Waals surface area contributed by atoms with Crippen molar-refractivity contribution in [2.75, 3.05) is 26.2 Å². The summed E-state index contributed by atoms with van der Waals surface area (Å²) in [6.07, 6.45) is 1.02. The van der Waals surface area contributed by atoms with Crippen LogP contribution in [0.4, 0.5) is 4.39 Å². The second-order valence-corrected chi connectivity index (χ2v) is 6.26. The van der Waals surface area contributed by atoms with Crippen LogP contribution in [0.2, 0.25) is 0 Å². The number of likely N-dealkylation sites (tertiary alicyclic amines) is 1. The highest BCUT2D eigenvalue weighted by Gasteiger charge is 2.35. The van der Waals surface area contributed by atoms with Gasteiger partial charge in [-0.1, -0.05) is 15.9 Å². The van der Waals surface area contributed by atoms with E-state index >= 15 is 0 Å². The molecule has 0 bridgehead atoms. The average molecular weight is 327 g/mol. The predicted molar refractivity (Wildman–Crippen MR) is 74.5 cm³/mol. The number of rotatable bonds is 1. The van der Waals surface area contributed by atoms with Gasteiger partial charge >= 0.3 is 0 Å². The maximum absolute atomic E-state index is 13.8. The van der Waals surface area contributed by atoms with Gasteiger partial charge in [-0.3, -0.25) is 4.79 Å². The largest absolute Gasteiger partial charge is 0.338 e. The van der Waals surface area contributed by atoms with E-state index < -0.39 is 5.82 Å². The van der Waals surface area contributed by atoms with E-state index in [1.165, 1.54) is 6.07 Å². The van der Waals surface area contributed by atoms with Crippen LogP contribution in [0.5, 0.6) is 0 Å². The molecule has 1 aromatic rings. The smallest absolute Gasteiger partial charge is 0.256 e. The first kappa shape index (κ1) is 13.1. The van der Waals surface area contributed by atoms with Gasteiger partial charge in [0.25, 0.3) is 5.91 Å². The summed E-state index contributed by atoms with van der Waals surface area (Å²) in [5.74, 6) is 0.566. The minimum absolute atomic E-state index is 0.174. The van der Waals surface area contributed by atoms with E-state index in [2.05, 4.69) is 21.2 Å². The number of fused-ring (bicyclic) bond motifs is 1. The minimum atomic E-state index is -0.453.